The number of carbonyl (C=O) groups excluding carboxylic acids is 1. The third-order valence-corrected chi connectivity index (χ3v) is 3.35. The molecule has 1 aliphatic rings. The lowest BCUT2D eigenvalue weighted by Gasteiger charge is -2.27. The molecular formula is C14H21N3O. The van der Waals surface area contributed by atoms with Gasteiger partial charge in [0.25, 0.3) is 0 Å². The summed E-state index contributed by atoms with van der Waals surface area (Å²) >= 11 is 0. The molecule has 0 spiro atoms. The molecule has 1 heterocycles. The third kappa shape index (κ3) is 3.15. The molecule has 2 rings (SSSR count). The van der Waals surface area contributed by atoms with E-state index in [4.69, 9.17) is 5.73 Å². The number of nitrogens with zero attached hydrogens (tertiary/aromatic N) is 1. The Morgan fingerprint density at radius 1 is 1.33 bits per heavy atom. The van der Waals surface area contributed by atoms with E-state index in [2.05, 4.69) is 5.32 Å². The van der Waals surface area contributed by atoms with E-state index in [-0.39, 0.29) is 5.91 Å². The van der Waals surface area contributed by atoms with Gasteiger partial charge in [0, 0.05) is 13.1 Å². The molecular weight excluding hydrogens is 226 g/mol. The van der Waals surface area contributed by atoms with E-state index in [1.54, 1.807) is 0 Å². The summed E-state index contributed by atoms with van der Waals surface area (Å²) in [6.07, 6.45) is 3.49. The molecule has 4 heteroatoms. The molecule has 1 fully saturated rings. The zero-order valence-corrected chi connectivity index (χ0v) is 10.9. The van der Waals surface area contributed by atoms with Crippen molar-refractivity contribution in [1.29, 1.82) is 0 Å². The molecule has 0 radical (unpaired) electrons. The van der Waals surface area contributed by atoms with Crippen molar-refractivity contribution in [2.45, 2.75) is 26.2 Å². The van der Waals surface area contributed by atoms with Gasteiger partial charge in [0.2, 0.25) is 5.91 Å². The standard InChI is InChI=1S/C14H21N3O/c1-11-5-6-13(12(15)9-11)16-10-14(18)17-7-3-2-4-8-17/h5-6,9,16H,2-4,7-8,10,15H2,1H3. The normalized spacial score (nSPS) is 15.5. The minimum atomic E-state index is 0.162. The van der Waals surface area contributed by atoms with Crippen LogP contribution in [-0.2, 0) is 4.79 Å². The highest BCUT2D eigenvalue weighted by Crippen LogP contribution is 2.19. The number of amides is 1. The Morgan fingerprint density at radius 3 is 2.72 bits per heavy atom. The first-order valence-corrected chi connectivity index (χ1v) is 6.54. The van der Waals surface area contributed by atoms with Gasteiger partial charge in [0.15, 0.2) is 0 Å². The van der Waals surface area contributed by atoms with Crippen molar-refractivity contribution in [3.05, 3.63) is 23.8 Å². The van der Waals surface area contributed by atoms with Crippen LogP contribution in [0, 0.1) is 6.92 Å². The lowest BCUT2D eigenvalue weighted by molar-refractivity contribution is -0.130. The van der Waals surface area contributed by atoms with Crippen LogP contribution in [0.15, 0.2) is 18.2 Å². The van der Waals surface area contributed by atoms with Crippen LogP contribution in [-0.4, -0.2) is 30.4 Å². The van der Waals surface area contributed by atoms with Gasteiger partial charge < -0.3 is 16.0 Å². The number of carbonyl (C=O) groups is 1. The van der Waals surface area contributed by atoms with E-state index in [0.29, 0.717) is 12.2 Å². The first-order valence-electron chi connectivity index (χ1n) is 6.54. The predicted octanol–water partition coefficient (Wildman–Crippen LogP) is 2.00. The van der Waals surface area contributed by atoms with Crippen molar-refractivity contribution in [3.63, 3.8) is 0 Å². The van der Waals surface area contributed by atoms with Crippen molar-refractivity contribution in [2.75, 3.05) is 30.7 Å². The lowest BCUT2D eigenvalue weighted by Crippen LogP contribution is -2.39. The maximum Gasteiger partial charge on any atom is 0.241 e. The van der Waals surface area contributed by atoms with Crippen LogP contribution in [0.5, 0.6) is 0 Å². The molecule has 4 nitrogen and oxygen atoms in total. The summed E-state index contributed by atoms with van der Waals surface area (Å²) < 4.78 is 0. The Hall–Kier alpha value is -1.71. The van der Waals surface area contributed by atoms with Crippen LogP contribution in [0.1, 0.15) is 24.8 Å². The van der Waals surface area contributed by atoms with E-state index in [0.717, 1.165) is 37.2 Å². The van der Waals surface area contributed by atoms with Gasteiger partial charge in [0.05, 0.1) is 17.9 Å². The van der Waals surface area contributed by atoms with E-state index >= 15 is 0 Å². The first kappa shape index (κ1) is 12.7. The van der Waals surface area contributed by atoms with Gasteiger partial charge in [-0.15, -0.1) is 0 Å². The number of rotatable bonds is 3. The van der Waals surface area contributed by atoms with Crippen molar-refractivity contribution < 1.29 is 4.79 Å². The zero-order chi connectivity index (χ0) is 13.0. The molecule has 1 aromatic carbocycles. The molecule has 0 bridgehead atoms. The molecule has 18 heavy (non-hydrogen) atoms. The fourth-order valence-electron chi connectivity index (χ4n) is 2.27. The minimum absolute atomic E-state index is 0.162. The van der Waals surface area contributed by atoms with Gasteiger partial charge in [-0.05, 0) is 43.9 Å². The molecule has 0 atom stereocenters. The Kier molecular flexibility index (Phi) is 4.07. The number of benzene rings is 1. The van der Waals surface area contributed by atoms with E-state index in [1.807, 2.05) is 30.0 Å². The summed E-state index contributed by atoms with van der Waals surface area (Å²) in [6, 6.07) is 5.83. The van der Waals surface area contributed by atoms with E-state index in [9.17, 15) is 4.79 Å². The Labute approximate surface area is 108 Å². The molecule has 0 saturated carbocycles. The van der Waals surface area contributed by atoms with E-state index in [1.165, 1.54) is 6.42 Å². The highest BCUT2D eigenvalue weighted by Gasteiger charge is 2.16. The number of likely N-dealkylation sites (tertiary alicyclic amines) is 1. The third-order valence-electron chi connectivity index (χ3n) is 3.35. The number of nitrogens with two attached hydrogens (primary N) is 1. The molecule has 1 amide bonds. The molecule has 1 aliphatic heterocycles. The predicted molar refractivity (Wildman–Crippen MR) is 74.5 cm³/mol. The van der Waals surface area contributed by atoms with Crippen LogP contribution < -0.4 is 11.1 Å². The molecule has 1 aromatic rings. The highest BCUT2D eigenvalue weighted by molar-refractivity contribution is 5.82. The summed E-state index contributed by atoms with van der Waals surface area (Å²) in [6.45, 7) is 4.11. The second-order valence-electron chi connectivity index (χ2n) is 4.89. The smallest absolute Gasteiger partial charge is 0.241 e. The van der Waals surface area contributed by atoms with E-state index < -0.39 is 0 Å². The van der Waals surface area contributed by atoms with Crippen LogP contribution in [0.4, 0.5) is 11.4 Å². The summed E-state index contributed by atoms with van der Waals surface area (Å²) in [5.74, 6) is 0.162. The number of nitrogen functional groups attached to an aromatic ring is 1. The largest absolute Gasteiger partial charge is 0.397 e. The average molecular weight is 247 g/mol. The molecule has 98 valence electrons. The van der Waals surface area contributed by atoms with Crippen LogP contribution in [0.25, 0.3) is 0 Å². The highest BCUT2D eigenvalue weighted by atomic mass is 16.2. The quantitative estimate of drug-likeness (QED) is 0.803. The van der Waals surface area contributed by atoms with Gasteiger partial charge in [-0.25, -0.2) is 0 Å². The summed E-state index contributed by atoms with van der Waals surface area (Å²) in [4.78, 5) is 13.9. The number of nitrogens with one attached hydrogen (secondary N) is 1. The maximum atomic E-state index is 12.0. The van der Waals surface area contributed by atoms with Gasteiger partial charge >= 0.3 is 0 Å². The zero-order valence-electron chi connectivity index (χ0n) is 10.9. The van der Waals surface area contributed by atoms with Crippen LogP contribution in [0.2, 0.25) is 0 Å². The monoisotopic (exact) mass is 247 g/mol. The number of piperidine rings is 1. The number of anilines is 2. The maximum absolute atomic E-state index is 12.0. The van der Waals surface area contributed by atoms with Gasteiger partial charge in [-0.2, -0.15) is 0 Å². The van der Waals surface area contributed by atoms with Crippen molar-refractivity contribution in [1.82, 2.24) is 4.90 Å². The molecule has 3 N–H and O–H groups in total. The fraction of sp³-hybridized carbons (Fsp3) is 0.500. The van der Waals surface area contributed by atoms with Gasteiger partial charge in [-0.3, -0.25) is 4.79 Å². The molecule has 0 aromatic heterocycles. The second-order valence-corrected chi connectivity index (χ2v) is 4.89. The lowest BCUT2D eigenvalue weighted by atomic mass is 10.1. The topological polar surface area (TPSA) is 58.4 Å². The van der Waals surface area contributed by atoms with Gasteiger partial charge in [0.1, 0.15) is 0 Å². The number of hydrogen-bond donors (Lipinski definition) is 2. The second kappa shape index (κ2) is 5.76. The minimum Gasteiger partial charge on any atom is -0.397 e. The molecule has 0 unspecified atom stereocenters. The average Bonchev–Trinajstić information content (AvgIpc) is 2.38. The Bertz CT molecular complexity index is 425. The Morgan fingerprint density at radius 2 is 2.06 bits per heavy atom. The summed E-state index contributed by atoms with van der Waals surface area (Å²) in [5.41, 5.74) is 8.56. The van der Waals surface area contributed by atoms with Gasteiger partial charge in [-0.1, -0.05) is 6.07 Å². The van der Waals surface area contributed by atoms with Crippen molar-refractivity contribution >= 4 is 17.3 Å². The summed E-state index contributed by atoms with van der Waals surface area (Å²) in [5, 5.41) is 3.12. The van der Waals surface area contributed by atoms with Crippen molar-refractivity contribution in [3.8, 4) is 0 Å². The first-order chi connectivity index (χ1) is 8.66. The SMILES string of the molecule is Cc1ccc(NCC(=O)N2CCCCC2)c(N)c1. The number of aryl methyl sites for hydroxylation is 1. The summed E-state index contributed by atoms with van der Waals surface area (Å²) in [7, 11) is 0. The van der Waals surface area contributed by atoms with Crippen molar-refractivity contribution in [2.24, 2.45) is 0 Å². The fourth-order valence-corrected chi connectivity index (χ4v) is 2.27. The molecule has 1 saturated heterocycles. The molecule has 0 aliphatic carbocycles. The number of hydrogen-bond acceptors (Lipinski definition) is 3. The van der Waals surface area contributed by atoms with Crippen LogP contribution in [0.3, 0.4) is 0 Å². The Balaban J connectivity index is 1.88. The van der Waals surface area contributed by atoms with Crippen LogP contribution >= 0.6 is 0 Å².